The Labute approximate surface area is 142 Å². The third-order valence-corrected chi connectivity index (χ3v) is 4.66. The molecule has 0 amide bonds. The summed E-state index contributed by atoms with van der Waals surface area (Å²) in [5, 5.41) is 0. The topological polar surface area (TPSA) is 55.0 Å². The molecule has 2 aromatic rings. The molecule has 1 aromatic heterocycles. The SMILES string of the molecule is CCCc1cc(N2CCC(CN)CC2)nc(-c2ccccc2F)n1. The van der Waals surface area contributed by atoms with E-state index >= 15 is 0 Å². The van der Waals surface area contributed by atoms with Crippen molar-refractivity contribution in [1.29, 1.82) is 0 Å². The number of halogens is 1. The molecule has 24 heavy (non-hydrogen) atoms. The fraction of sp³-hybridized carbons (Fsp3) is 0.474. The fourth-order valence-corrected chi connectivity index (χ4v) is 3.19. The zero-order valence-corrected chi connectivity index (χ0v) is 14.2. The van der Waals surface area contributed by atoms with Crippen molar-refractivity contribution in [3.63, 3.8) is 0 Å². The van der Waals surface area contributed by atoms with E-state index in [0.717, 1.165) is 56.8 Å². The predicted octanol–water partition coefficient (Wildman–Crippen LogP) is 3.41. The van der Waals surface area contributed by atoms with Crippen LogP contribution in [0.3, 0.4) is 0 Å². The zero-order chi connectivity index (χ0) is 16.9. The molecule has 1 aliphatic heterocycles. The molecule has 0 unspecified atom stereocenters. The van der Waals surface area contributed by atoms with Crippen LogP contribution >= 0.6 is 0 Å². The first kappa shape index (κ1) is 16.8. The van der Waals surface area contributed by atoms with Gasteiger partial charge in [-0.15, -0.1) is 0 Å². The summed E-state index contributed by atoms with van der Waals surface area (Å²) in [7, 11) is 0. The maximum Gasteiger partial charge on any atom is 0.164 e. The molecular weight excluding hydrogens is 303 g/mol. The first-order chi connectivity index (χ1) is 11.7. The first-order valence-electron chi connectivity index (χ1n) is 8.79. The lowest BCUT2D eigenvalue weighted by Gasteiger charge is -2.32. The van der Waals surface area contributed by atoms with Crippen LogP contribution in [0.4, 0.5) is 10.2 Å². The van der Waals surface area contributed by atoms with E-state index in [2.05, 4.69) is 27.9 Å². The van der Waals surface area contributed by atoms with Gasteiger partial charge in [-0.25, -0.2) is 14.4 Å². The molecule has 1 aromatic carbocycles. The lowest BCUT2D eigenvalue weighted by Crippen LogP contribution is -2.36. The highest BCUT2D eigenvalue weighted by atomic mass is 19.1. The summed E-state index contributed by atoms with van der Waals surface area (Å²) in [6, 6.07) is 8.76. The van der Waals surface area contributed by atoms with E-state index in [1.807, 2.05) is 6.07 Å². The standard InChI is InChI=1S/C19H25FN4/c1-2-5-15-12-18(24-10-8-14(13-21)9-11-24)23-19(22-15)16-6-3-4-7-17(16)20/h3-4,6-7,12,14H,2,5,8-11,13,21H2,1H3. The maximum atomic E-state index is 14.2. The van der Waals surface area contributed by atoms with E-state index in [4.69, 9.17) is 5.73 Å². The second-order valence-corrected chi connectivity index (χ2v) is 6.44. The third-order valence-electron chi connectivity index (χ3n) is 4.66. The monoisotopic (exact) mass is 328 g/mol. The molecule has 0 aliphatic carbocycles. The molecule has 0 atom stereocenters. The molecule has 1 fully saturated rings. The van der Waals surface area contributed by atoms with E-state index in [9.17, 15) is 4.39 Å². The van der Waals surface area contributed by atoms with Gasteiger partial charge in [-0.3, -0.25) is 0 Å². The van der Waals surface area contributed by atoms with Gasteiger partial charge in [-0.05, 0) is 43.9 Å². The largest absolute Gasteiger partial charge is 0.356 e. The minimum atomic E-state index is -0.279. The van der Waals surface area contributed by atoms with Crippen LogP contribution in [-0.4, -0.2) is 29.6 Å². The van der Waals surface area contributed by atoms with Crippen molar-refractivity contribution in [2.24, 2.45) is 11.7 Å². The van der Waals surface area contributed by atoms with E-state index in [0.29, 0.717) is 17.3 Å². The molecule has 5 heteroatoms. The van der Waals surface area contributed by atoms with Crippen molar-refractivity contribution in [1.82, 2.24) is 9.97 Å². The smallest absolute Gasteiger partial charge is 0.164 e. The minimum Gasteiger partial charge on any atom is -0.356 e. The molecule has 4 nitrogen and oxygen atoms in total. The Hall–Kier alpha value is -2.01. The van der Waals surface area contributed by atoms with Gasteiger partial charge in [0.05, 0.1) is 5.56 Å². The summed E-state index contributed by atoms with van der Waals surface area (Å²) in [6.45, 7) is 4.76. The van der Waals surface area contributed by atoms with E-state index < -0.39 is 0 Å². The Morgan fingerprint density at radius 3 is 2.62 bits per heavy atom. The van der Waals surface area contributed by atoms with Gasteiger partial charge in [-0.1, -0.05) is 25.5 Å². The van der Waals surface area contributed by atoms with Crippen LogP contribution in [0.25, 0.3) is 11.4 Å². The summed E-state index contributed by atoms with van der Waals surface area (Å²) in [6.07, 6.45) is 4.04. The predicted molar refractivity (Wildman–Crippen MR) is 95.4 cm³/mol. The van der Waals surface area contributed by atoms with Gasteiger partial charge in [0.2, 0.25) is 0 Å². The van der Waals surface area contributed by atoms with Gasteiger partial charge in [0.15, 0.2) is 5.82 Å². The minimum absolute atomic E-state index is 0.279. The van der Waals surface area contributed by atoms with Gasteiger partial charge in [-0.2, -0.15) is 0 Å². The second kappa shape index (κ2) is 7.71. The Kier molecular flexibility index (Phi) is 5.41. The summed E-state index contributed by atoms with van der Waals surface area (Å²) < 4.78 is 14.2. The number of piperidine rings is 1. The number of anilines is 1. The highest BCUT2D eigenvalue weighted by Gasteiger charge is 2.21. The molecule has 0 bridgehead atoms. The Morgan fingerprint density at radius 2 is 1.96 bits per heavy atom. The molecule has 3 rings (SSSR count). The number of aromatic nitrogens is 2. The lowest BCUT2D eigenvalue weighted by atomic mass is 9.97. The Bertz CT molecular complexity index is 681. The van der Waals surface area contributed by atoms with Crippen molar-refractivity contribution >= 4 is 5.82 Å². The summed E-state index contributed by atoms with van der Waals surface area (Å²) in [5.41, 5.74) is 7.22. The van der Waals surface area contributed by atoms with Crippen molar-refractivity contribution in [3.05, 3.63) is 41.8 Å². The van der Waals surface area contributed by atoms with Gasteiger partial charge in [0.1, 0.15) is 11.6 Å². The van der Waals surface area contributed by atoms with Gasteiger partial charge >= 0.3 is 0 Å². The quantitative estimate of drug-likeness (QED) is 0.914. The number of hydrogen-bond acceptors (Lipinski definition) is 4. The van der Waals surface area contributed by atoms with Crippen molar-refractivity contribution in [2.45, 2.75) is 32.6 Å². The third kappa shape index (κ3) is 3.73. The summed E-state index contributed by atoms with van der Waals surface area (Å²) in [4.78, 5) is 11.5. The summed E-state index contributed by atoms with van der Waals surface area (Å²) >= 11 is 0. The first-order valence-corrected chi connectivity index (χ1v) is 8.79. The average molecular weight is 328 g/mol. The fourth-order valence-electron chi connectivity index (χ4n) is 3.19. The number of benzene rings is 1. The van der Waals surface area contributed by atoms with Crippen LogP contribution in [-0.2, 0) is 6.42 Å². The van der Waals surface area contributed by atoms with E-state index in [-0.39, 0.29) is 5.82 Å². The van der Waals surface area contributed by atoms with Crippen LogP contribution in [0.5, 0.6) is 0 Å². The number of rotatable bonds is 5. The van der Waals surface area contributed by atoms with Gasteiger partial charge < -0.3 is 10.6 Å². The molecule has 1 aliphatic rings. The average Bonchev–Trinajstić information content (AvgIpc) is 2.62. The van der Waals surface area contributed by atoms with Crippen LogP contribution in [0.1, 0.15) is 31.9 Å². The number of hydrogen-bond donors (Lipinski definition) is 1. The van der Waals surface area contributed by atoms with Gasteiger partial charge in [0, 0.05) is 24.8 Å². The number of nitrogens with zero attached hydrogens (tertiary/aromatic N) is 3. The molecule has 1 saturated heterocycles. The van der Waals surface area contributed by atoms with Crippen LogP contribution in [0.15, 0.2) is 30.3 Å². The van der Waals surface area contributed by atoms with Crippen LogP contribution in [0, 0.1) is 11.7 Å². The molecule has 0 saturated carbocycles. The molecule has 0 spiro atoms. The van der Waals surface area contributed by atoms with E-state index in [1.165, 1.54) is 6.07 Å². The van der Waals surface area contributed by atoms with Crippen molar-refractivity contribution in [3.8, 4) is 11.4 Å². The van der Waals surface area contributed by atoms with Crippen molar-refractivity contribution < 1.29 is 4.39 Å². The maximum absolute atomic E-state index is 14.2. The molecular formula is C19H25FN4. The second-order valence-electron chi connectivity index (χ2n) is 6.44. The van der Waals surface area contributed by atoms with Crippen LogP contribution < -0.4 is 10.6 Å². The zero-order valence-electron chi connectivity index (χ0n) is 14.2. The van der Waals surface area contributed by atoms with E-state index in [1.54, 1.807) is 12.1 Å². The normalized spacial score (nSPS) is 15.7. The Balaban J connectivity index is 1.93. The molecule has 0 radical (unpaired) electrons. The number of nitrogens with two attached hydrogens (primary N) is 1. The molecule has 2 N–H and O–H groups in total. The number of aryl methyl sites for hydroxylation is 1. The molecule has 2 heterocycles. The highest BCUT2D eigenvalue weighted by Crippen LogP contribution is 2.26. The highest BCUT2D eigenvalue weighted by molar-refractivity contribution is 5.59. The summed E-state index contributed by atoms with van der Waals surface area (Å²) in [5.74, 6) is 1.71. The van der Waals surface area contributed by atoms with Crippen LogP contribution in [0.2, 0.25) is 0 Å². The lowest BCUT2D eigenvalue weighted by molar-refractivity contribution is 0.413. The van der Waals surface area contributed by atoms with Gasteiger partial charge in [0.25, 0.3) is 0 Å². The Morgan fingerprint density at radius 1 is 1.21 bits per heavy atom. The molecule has 128 valence electrons. The van der Waals surface area contributed by atoms with Crippen molar-refractivity contribution in [2.75, 3.05) is 24.5 Å².